The summed E-state index contributed by atoms with van der Waals surface area (Å²) >= 11 is 0. The van der Waals surface area contributed by atoms with E-state index in [2.05, 4.69) is 25.9 Å². The van der Waals surface area contributed by atoms with Crippen LogP contribution >= 0.6 is 24.0 Å². The molecule has 0 radical (unpaired) electrons. The summed E-state index contributed by atoms with van der Waals surface area (Å²) in [6.45, 7) is 3.12. The highest BCUT2D eigenvalue weighted by Crippen LogP contribution is 2.19. The first-order valence-electron chi connectivity index (χ1n) is 9.36. The number of aromatic nitrogens is 1. The molecule has 1 heterocycles. The van der Waals surface area contributed by atoms with Gasteiger partial charge >= 0.3 is 0 Å². The molecule has 3 aromatic rings. The van der Waals surface area contributed by atoms with Crippen LogP contribution in [-0.2, 0) is 13.1 Å². The van der Waals surface area contributed by atoms with E-state index in [0.717, 1.165) is 16.8 Å². The number of rotatable bonds is 6. The molecule has 0 aliphatic carbocycles. The van der Waals surface area contributed by atoms with Crippen molar-refractivity contribution in [1.82, 2.24) is 20.9 Å². The van der Waals surface area contributed by atoms with Crippen LogP contribution in [0.4, 0.5) is 0 Å². The summed E-state index contributed by atoms with van der Waals surface area (Å²) < 4.78 is 5.58. The zero-order valence-electron chi connectivity index (χ0n) is 17.2. The number of guanidine groups is 1. The number of nitrogens with zero attached hydrogens (tertiary/aromatic N) is 2. The Balaban J connectivity index is 0.00000320. The van der Waals surface area contributed by atoms with Crippen molar-refractivity contribution in [2.75, 3.05) is 14.1 Å². The second-order valence-electron chi connectivity index (χ2n) is 6.57. The Hall–Kier alpha value is -2.88. The van der Waals surface area contributed by atoms with E-state index in [1.54, 1.807) is 32.5 Å². The van der Waals surface area contributed by atoms with Gasteiger partial charge in [0.2, 0.25) is 5.89 Å². The molecule has 0 aliphatic heterocycles. The number of benzene rings is 2. The fraction of sp³-hybridized carbons (Fsp3) is 0.227. The van der Waals surface area contributed by atoms with Gasteiger partial charge in [-0.2, -0.15) is 0 Å². The average molecular weight is 519 g/mol. The van der Waals surface area contributed by atoms with Gasteiger partial charge in [0.05, 0.1) is 12.2 Å². The number of oxazole rings is 1. The van der Waals surface area contributed by atoms with Gasteiger partial charge in [0.15, 0.2) is 5.96 Å². The molecule has 3 N–H and O–H groups in total. The van der Waals surface area contributed by atoms with Crippen LogP contribution < -0.4 is 16.0 Å². The molecule has 8 heteroatoms. The molecule has 1 amide bonds. The lowest BCUT2D eigenvalue weighted by Crippen LogP contribution is -2.36. The number of nitrogens with one attached hydrogen (secondary N) is 3. The Labute approximate surface area is 193 Å². The van der Waals surface area contributed by atoms with Crippen LogP contribution in [0.5, 0.6) is 0 Å². The second-order valence-corrected chi connectivity index (χ2v) is 6.57. The van der Waals surface area contributed by atoms with Crippen molar-refractivity contribution in [2.24, 2.45) is 4.99 Å². The monoisotopic (exact) mass is 519 g/mol. The Bertz CT molecular complexity index is 982. The minimum atomic E-state index is -0.0976. The molecule has 2 aromatic carbocycles. The molecule has 0 spiro atoms. The number of amides is 1. The van der Waals surface area contributed by atoms with Gasteiger partial charge in [-0.3, -0.25) is 9.79 Å². The van der Waals surface area contributed by atoms with E-state index in [9.17, 15) is 4.79 Å². The number of hydrogen-bond donors (Lipinski definition) is 3. The van der Waals surface area contributed by atoms with E-state index in [1.807, 2.05) is 43.3 Å². The highest BCUT2D eigenvalue weighted by molar-refractivity contribution is 14.0. The highest BCUT2D eigenvalue weighted by Gasteiger charge is 2.08. The Morgan fingerprint density at radius 2 is 1.70 bits per heavy atom. The smallest absolute Gasteiger partial charge is 0.251 e. The second kappa shape index (κ2) is 11.3. The molecule has 158 valence electrons. The van der Waals surface area contributed by atoms with Gasteiger partial charge in [-0.25, -0.2) is 4.98 Å². The molecule has 30 heavy (non-hydrogen) atoms. The highest BCUT2D eigenvalue weighted by atomic mass is 127. The third-order valence-corrected chi connectivity index (χ3v) is 4.41. The van der Waals surface area contributed by atoms with Crippen LogP contribution in [-0.4, -0.2) is 30.9 Å². The number of carbonyl (C=O) groups excluding carboxylic acids is 1. The van der Waals surface area contributed by atoms with Gasteiger partial charge in [0, 0.05) is 31.8 Å². The lowest BCUT2D eigenvalue weighted by atomic mass is 10.1. The van der Waals surface area contributed by atoms with Crippen molar-refractivity contribution < 1.29 is 9.21 Å². The molecule has 0 atom stereocenters. The number of halogens is 1. The van der Waals surface area contributed by atoms with Crippen molar-refractivity contribution in [3.8, 4) is 11.5 Å². The van der Waals surface area contributed by atoms with Crippen molar-refractivity contribution >= 4 is 35.8 Å². The summed E-state index contributed by atoms with van der Waals surface area (Å²) in [7, 11) is 3.33. The summed E-state index contributed by atoms with van der Waals surface area (Å²) in [6.07, 6.45) is 1.65. The predicted molar refractivity (Wildman–Crippen MR) is 129 cm³/mol. The summed E-state index contributed by atoms with van der Waals surface area (Å²) in [4.78, 5) is 20.3. The topological polar surface area (TPSA) is 91.5 Å². The fourth-order valence-corrected chi connectivity index (χ4v) is 2.72. The first kappa shape index (κ1) is 23.4. The number of aliphatic imine (C=N–C) groups is 1. The maximum absolute atomic E-state index is 11.6. The van der Waals surface area contributed by atoms with Gasteiger partial charge < -0.3 is 20.4 Å². The largest absolute Gasteiger partial charge is 0.444 e. The van der Waals surface area contributed by atoms with Crippen LogP contribution in [0.25, 0.3) is 11.5 Å². The third kappa shape index (κ3) is 6.31. The molecule has 0 saturated carbocycles. The van der Waals surface area contributed by atoms with E-state index in [4.69, 9.17) is 4.42 Å². The van der Waals surface area contributed by atoms with Crippen LogP contribution in [0.1, 0.15) is 27.2 Å². The summed E-state index contributed by atoms with van der Waals surface area (Å²) in [5.41, 5.74) is 4.61. The minimum absolute atomic E-state index is 0. The number of hydrogen-bond acceptors (Lipinski definition) is 4. The Morgan fingerprint density at radius 1 is 1.03 bits per heavy atom. The summed E-state index contributed by atoms with van der Waals surface area (Å²) in [5.74, 6) is 1.15. The number of aryl methyl sites for hydroxylation is 1. The maximum atomic E-state index is 11.6. The van der Waals surface area contributed by atoms with Gasteiger partial charge in [-0.1, -0.05) is 29.8 Å². The van der Waals surface area contributed by atoms with Crippen LogP contribution in [0, 0.1) is 6.92 Å². The zero-order valence-corrected chi connectivity index (χ0v) is 19.6. The third-order valence-electron chi connectivity index (χ3n) is 4.41. The molecule has 0 fully saturated rings. The van der Waals surface area contributed by atoms with Crippen molar-refractivity contribution in [3.63, 3.8) is 0 Å². The number of carbonyl (C=O) groups is 1. The Morgan fingerprint density at radius 3 is 2.33 bits per heavy atom. The molecule has 0 saturated heterocycles. The van der Waals surface area contributed by atoms with E-state index in [0.29, 0.717) is 30.5 Å². The first-order valence-corrected chi connectivity index (χ1v) is 9.36. The standard InChI is InChI=1S/C22H25N5O2.HI/c1-15-4-8-18(9-5-15)21-27-19(14-29-21)13-26-22(24-3)25-12-16-6-10-17(11-7-16)20(28)23-2;/h4-11,14H,12-13H2,1-3H3,(H,23,28)(H2,24,25,26);1H. The van der Waals surface area contributed by atoms with Crippen LogP contribution in [0.15, 0.2) is 64.2 Å². The van der Waals surface area contributed by atoms with E-state index in [1.165, 1.54) is 5.56 Å². The van der Waals surface area contributed by atoms with Gasteiger partial charge in [-0.05, 0) is 36.8 Å². The molecule has 3 rings (SSSR count). The molecule has 0 unspecified atom stereocenters. The summed E-state index contributed by atoms with van der Waals surface area (Å²) in [6, 6.07) is 15.5. The zero-order chi connectivity index (χ0) is 20.6. The summed E-state index contributed by atoms with van der Waals surface area (Å²) in [5, 5.41) is 9.07. The fourth-order valence-electron chi connectivity index (χ4n) is 2.72. The maximum Gasteiger partial charge on any atom is 0.251 e. The molecular weight excluding hydrogens is 493 g/mol. The van der Waals surface area contributed by atoms with Gasteiger partial charge in [0.25, 0.3) is 5.91 Å². The van der Waals surface area contributed by atoms with Crippen molar-refractivity contribution in [2.45, 2.75) is 20.0 Å². The Kier molecular flexibility index (Phi) is 8.85. The predicted octanol–water partition coefficient (Wildman–Crippen LogP) is 3.49. The normalized spacial score (nSPS) is 10.8. The molecule has 7 nitrogen and oxygen atoms in total. The quantitative estimate of drug-likeness (QED) is 0.264. The molecule has 0 aliphatic rings. The SMILES string of the molecule is CN=C(NCc1ccc(C(=O)NC)cc1)NCc1coc(-c2ccc(C)cc2)n1.I. The van der Waals surface area contributed by atoms with Crippen molar-refractivity contribution in [3.05, 3.63) is 77.2 Å². The van der Waals surface area contributed by atoms with Gasteiger partial charge in [0.1, 0.15) is 6.26 Å². The lowest BCUT2D eigenvalue weighted by molar-refractivity contribution is 0.0963. The molecular formula is C22H26IN5O2. The molecule has 0 bridgehead atoms. The van der Waals surface area contributed by atoms with E-state index in [-0.39, 0.29) is 29.9 Å². The molecule has 1 aromatic heterocycles. The van der Waals surface area contributed by atoms with Crippen LogP contribution in [0.3, 0.4) is 0 Å². The minimum Gasteiger partial charge on any atom is -0.444 e. The van der Waals surface area contributed by atoms with Crippen LogP contribution in [0.2, 0.25) is 0 Å². The lowest BCUT2D eigenvalue weighted by Gasteiger charge is -2.11. The van der Waals surface area contributed by atoms with Crippen molar-refractivity contribution in [1.29, 1.82) is 0 Å². The first-order chi connectivity index (χ1) is 14.1. The van der Waals surface area contributed by atoms with Gasteiger partial charge in [-0.15, -0.1) is 24.0 Å². The van der Waals surface area contributed by atoms with E-state index < -0.39 is 0 Å². The average Bonchev–Trinajstić information content (AvgIpc) is 3.23. The van der Waals surface area contributed by atoms with E-state index >= 15 is 0 Å².